The van der Waals surface area contributed by atoms with Crippen molar-refractivity contribution >= 4 is 28.9 Å². The highest BCUT2D eigenvalue weighted by Crippen LogP contribution is 2.35. The number of hydrogen-bond acceptors (Lipinski definition) is 6. The van der Waals surface area contributed by atoms with Crippen LogP contribution in [-0.4, -0.2) is 37.5 Å². The lowest BCUT2D eigenvalue weighted by Crippen LogP contribution is -2.28. The molecule has 9 nitrogen and oxygen atoms in total. The van der Waals surface area contributed by atoms with Gasteiger partial charge in [0.1, 0.15) is 11.5 Å². The van der Waals surface area contributed by atoms with Crippen LogP contribution in [0.3, 0.4) is 0 Å². The van der Waals surface area contributed by atoms with Gasteiger partial charge in [-0.15, -0.1) is 0 Å². The summed E-state index contributed by atoms with van der Waals surface area (Å²) in [6.07, 6.45) is 0.0279. The number of carbonyl (C=O) groups excluding carboxylic acids is 2. The maximum atomic E-state index is 12.8. The Bertz CT molecular complexity index is 975. The molecular weight excluding hydrogens is 378 g/mol. The fourth-order valence-electron chi connectivity index (χ4n) is 3.27. The van der Waals surface area contributed by atoms with Gasteiger partial charge in [0, 0.05) is 25.1 Å². The largest absolute Gasteiger partial charge is 0.495 e. The molecule has 1 atom stereocenters. The van der Waals surface area contributed by atoms with Gasteiger partial charge >= 0.3 is 0 Å². The van der Waals surface area contributed by atoms with Crippen molar-refractivity contribution in [2.75, 3.05) is 31.0 Å². The molecule has 0 aromatic heterocycles. The minimum absolute atomic E-state index is 0.0279. The molecule has 1 saturated heterocycles. The molecule has 0 bridgehead atoms. The van der Waals surface area contributed by atoms with Crippen molar-refractivity contribution in [3.05, 3.63) is 52.1 Å². The van der Waals surface area contributed by atoms with E-state index in [1.807, 2.05) is 19.1 Å². The van der Waals surface area contributed by atoms with Crippen LogP contribution < -0.4 is 19.7 Å². The smallest absolute Gasteiger partial charge is 0.271 e. The summed E-state index contributed by atoms with van der Waals surface area (Å²) in [5.41, 5.74) is 1.59. The van der Waals surface area contributed by atoms with E-state index in [9.17, 15) is 19.7 Å². The van der Waals surface area contributed by atoms with E-state index in [0.29, 0.717) is 17.2 Å². The second-order valence-corrected chi connectivity index (χ2v) is 6.71. The van der Waals surface area contributed by atoms with E-state index in [2.05, 4.69) is 5.32 Å². The number of aryl methyl sites for hydroxylation is 1. The predicted octanol–water partition coefficient (Wildman–Crippen LogP) is 2.91. The molecule has 0 saturated carbocycles. The Morgan fingerprint density at radius 1 is 1.17 bits per heavy atom. The van der Waals surface area contributed by atoms with Crippen LogP contribution in [0.1, 0.15) is 12.0 Å². The third-order valence-corrected chi connectivity index (χ3v) is 4.77. The van der Waals surface area contributed by atoms with E-state index in [1.54, 1.807) is 6.07 Å². The molecule has 9 heteroatoms. The van der Waals surface area contributed by atoms with Crippen LogP contribution in [0.4, 0.5) is 17.1 Å². The van der Waals surface area contributed by atoms with Crippen LogP contribution in [0.2, 0.25) is 0 Å². The Kier molecular flexibility index (Phi) is 5.67. The van der Waals surface area contributed by atoms with Crippen LogP contribution in [0, 0.1) is 23.0 Å². The van der Waals surface area contributed by atoms with Crippen molar-refractivity contribution in [3.63, 3.8) is 0 Å². The van der Waals surface area contributed by atoms with Crippen molar-refractivity contribution in [1.29, 1.82) is 0 Å². The maximum absolute atomic E-state index is 12.8. The third kappa shape index (κ3) is 4.13. The second kappa shape index (κ2) is 8.17. The molecule has 1 aliphatic rings. The van der Waals surface area contributed by atoms with Gasteiger partial charge in [0.2, 0.25) is 11.8 Å². The molecule has 0 spiro atoms. The molecule has 1 N–H and O–H groups in total. The van der Waals surface area contributed by atoms with Crippen LogP contribution in [0.15, 0.2) is 36.4 Å². The zero-order valence-electron chi connectivity index (χ0n) is 16.3. The van der Waals surface area contributed by atoms with E-state index in [-0.39, 0.29) is 30.2 Å². The summed E-state index contributed by atoms with van der Waals surface area (Å²) in [7, 11) is 2.93. The summed E-state index contributed by atoms with van der Waals surface area (Å²) in [5, 5.41) is 13.7. The first-order valence-electron chi connectivity index (χ1n) is 8.92. The minimum Gasteiger partial charge on any atom is -0.495 e. The topological polar surface area (TPSA) is 111 Å². The average Bonchev–Trinajstić information content (AvgIpc) is 3.09. The molecule has 1 unspecified atom stereocenters. The highest BCUT2D eigenvalue weighted by molar-refractivity contribution is 6.04. The van der Waals surface area contributed by atoms with Gasteiger partial charge in [-0.3, -0.25) is 19.7 Å². The second-order valence-electron chi connectivity index (χ2n) is 6.71. The lowest BCUT2D eigenvalue weighted by atomic mass is 10.1. The van der Waals surface area contributed by atoms with Gasteiger partial charge in [-0.25, -0.2) is 0 Å². The number of amides is 2. The minimum atomic E-state index is -0.614. The molecule has 2 aromatic rings. The van der Waals surface area contributed by atoms with Gasteiger partial charge in [0.25, 0.3) is 5.69 Å². The lowest BCUT2D eigenvalue weighted by Gasteiger charge is -2.20. The normalized spacial score (nSPS) is 15.9. The van der Waals surface area contributed by atoms with Gasteiger partial charge < -0.3 is 19.7 Å². The van der Waals surface area contributed by atoms with Crippen molar-refractivity contribution in [3.8, 4) is 11.5 Å². The van der Waals surface area contributed by atoms with Crippen molar-refractivity contribution in [2.24, 2.45) is 5.92 Å². The van der Waals surface area contributed by atoms with Crippen LogP contribution >= 0.6 is 0 Å². The van der Waals surface area contributed by atoms with E-state index in [0.717, 1.165) is 5.56 Å². The van der Waals surface area contributed by atoms with Crippen LogP contribution in [0.25, 0.3) is 0 Å². The number of nitrogens with one attached hydrogen (secondary N) is 1. The fourth-order valence-corrected chi connectivity index (χ4v) is 3.27. The summed E-state index contributed by atoms with van der Waals surface area (Å²) in [5.74, 6) is -0.376. The highest BCUT2D eigenvalue weighted by Gasteiger charge is 2.36. The molecule has 2 aromatic carbocycles. The van der Waals surface area contributed by atoms with E-state index >= 15 is 0 Å². The highest BCUT2D eigenvalue weighted by atomic mass is 16.6. The zero-order valence-corrected chi connectivity index (χ0v) is 16.3. The average molecular weight is 399 g/mol. The molecule has 152 valence electrons. The predicted molar refractivity (Wildman–Crippen MR) is 106 cm³/mol. The maximum Gasteiger partial charge on any atom is 0.271 e. The number of hydrogen-bond donors (Lipinski definition) is 1. The molecular formula is C20H21N3O6. The fraction of sp³-hybridized carbons (Fsp3) is 0.300. The van der Waals surface area contributed by atoms with Crippen LogP contribution in [0.5, 0.6) is 11.5 Å². The SMILES string of the molecule is COc1ccc([N+](=O)[O-])cc1NC(=O)C1CC(=O)N(c2cc(C)ccc2OC)C1. The number of rotatable bonds is 6. The van der Waals surface area contributed by atoms with E-state index < -0.39 is 16.7 Å². The zero-order chi connectivity index (χ0) is 21.1. The number of nitro groups is 1. The summed E-state index contributed by atoms with van der Waals surface area (Å²) >= 11 is 0. The summed E-state index contributed by atoms with van der Waals surface area (Å²) in [6, 6.07) is 9.42. The number of anilines is 2. The Labute approximate surface area is 167 Å². The Balaban J connectivity index is 1.81. The molecule has 0 radical (unpaired) electrons. The number of nitrogens with zero attached hydrogens (tertiary/aromatic N) is 2. The first-order chi connectivity index (χ1) is 13.8. The number of nitro benzene ring substituents is 1. The number of non-ortho nitro benzene ring substituents is 1. The van der Waals surface area contributed by atoms with Crippen LogP contribution in [-0.2, 0) is 9.59 Å². The van der Waals surface area contributed by atoms with Crippen molar-refractivity contribution in [2.45, 2.75) is 13.3 Å². The van der Waals surface area contributed by atoms with E-state index in [4.69, 9.17) is 9.47 Å². The van der Waals surface area contributed by atoms with Gasteiger partial charge in [-0.1, -0.05) is 6.07 Å². The third-order valence-electron chi connectivity index (χ3n) is 4.77. The van der Waals surface area contributed by atoms with Crippen molar-refractivity contribution in [1.82, 2.24) is 0 Å². The number of carbonyl (C=O) groups is 2. The molecule has 3 rings (SSSR count). The Morgan fingerprint density at radius 2 is 1.86 bits per heavy atom. The molecule has 2 amide bonds. The van der Waals surface area contributed by atoms with Gasteiger partial charge in [0.15, 0.2) is 0 Å². The Hall–Kier alpha value is -3.62. The summed E-state index contributed by atoms with van der Waals surface area (Å²) in [6.45, 7) is 2.09. The quantitative estimate of drug-likeness (QED) is 0.591. The van der Waals surface area contributed by atoms with Crippen molar-refractivity contribution < 1.29 is 24.0 Å². The van der Waals surface area contributed by atoms with E-state index in [1.165, 1.54) is 37.3 Å². The Morgan fingerprint density at radius 3 is 2.52 bits per heavy atom. The molecule has 1 fully saturated rings. The summed E-state index contributed by atoms with van der Waals surface area (Å²) in [4.78, 5) is 37.3. The number of methoxy groups -OCH3 is 2. The standard InChI is InChI=1S/C20H21N3O6/c1-12-4-6-18(29-3)16(8-12)22-11-13(9-19(22)24)20(25)21-15-10-14(23(26)27)5-7-17(15)28-2/h4-8,10,13H,9,11H2,1-3H3,(H,21,25). The monoisotopic (exact) mass is 399 g/mol. The summed E-state index contributed by atoms with van der Waals surface area (Å²) < 4.78 is 10.5. The first-order valence-corrected chi connectivity index (χ1v) is 8.92. The molecule has 0 aliphatic carbocycles. The molecule has 1 heterocycles. The molecule has 29 heavy (non-hydrogen) atoms. The first kappa shape index (κ1) is 20.1. The van der Waals surface area contributed by atoms with Gasteiger partial charge in [-0.2, -0.15) is 0 Å². The number of ether oxygens (including phenoxy) is 2. The lowest BCUT2D eigenvalue weighted by molar-refractivity contribution is -0.384. The molecule has 1 aliphatic heterocycles. The number of benzene rings is 2. The van der Waals surface area contributed by atoms with Gasteiger partial charge in [-0.05, 0) is 30.7 Å². The van der Waals surface area contributed by atoms with Gasteiger partial charge in [0.05, 0.1) is 36.4 Å².